The van der Waals surface area contributed by atoms with Crippen LogP contribution < -0.4 is 11.1 Å². The van der Waals surface area contributed by atoms with Crippen LogP contribution in [0.25, 0.3) is 0 Å². The molecule has 5 nitrogen and oxygen atoms in total. The van der Waals surface area contributed by atoms with E-state index >= 15 is 0 Å². The van der Waals surface area contributed by atoms with E-state index in [2.05, 4.69) is 5.32 Å². The second-order valence-electron chi connectivity index (χ2n) is 3.41. The molecular weight excluding hydrogens is 220 g/mol. The zero-order valence-electron chi connectivity index (χ0n) is 9.22. The van der Waals surface area contributed by atoms with Crippen LogP contribution >= 0.6 is 0 Å². The standard InChI is InChI=1S/C12H14N2O3/c13-7-9-1-3-10(4-2-9)8-14-11(15)5-6-12(16)17/h1-6H,7-8,13H2,(H,14,15)(H,16,17)/b6-5-. The summed E-state index contributed by atoms with van der Waals surface area (Å²) in [4.78, 5) is 21.3. The summed E-state index contributed by atoms with van der Waals surface area (Å²) < 4.78 is 0. The molecule has 0 radical (unpaired) electrons. The molecule has 0 saturated heterocycles. The second kappa shape index (κ2) is 6.44. The summed E-state index contributed by atoms with van der Waals surface area (Å²) in [7, 11) is 0. The van der Waals surface area contributed by atoms with Gasteiger partial charge in [0.2, 0.25) is 5.91 Å². The van der Waals surface area contributed by atoms with Crippen LogP contribution in [-0.4, -0.2) is 17.0 Å². The SMILES string of the molecule is NCc1ccc(CNC(=O)/C=C\C(=O)O)cc1. The molecule has 0 unspecified atom stereocenters. The van der Waals surface area contributed by atoms with Crippen LogP contribution in [0.3, 0.4) is 0 Å². The smallest absolute Gasteiger partial charge is 0.328 e. The number of hydrogen-bond donors (Lipinski definition) is 3. The van der Waals surface area contributed by atoms with Gasteiger partial charge < -0.3 is 16.2 Å². The Kier molecular flexibility index (Phi) is 4.90. The fourth-order valence-electron chi connectivity index (χ4n) is 1.19. The molecule has 4 N–H and O–H groups in total. The quantitative estimate of drug-likeness (QED) is 0.643. The molecule has 0 aliphatic carbocycles. The van der Waals surface area contributed by atoms with Crippen LogP contribution in [0.4, 0.5) is 0 Å². The second-order valence-corrected chi connectivity index (χ2v) is 3.41. The molecule has 0 heterocycles. The van der Waals surface area contributed by atoms with Crippen LogP contribution in [0.2, 0.25) is 0 Å². The Balaban J connectivity index is 2.44. The predicted octanol–water partition coefficient (Wildman–Crippen LogP) is 0.402. The van der Waals surface area contributed by atoms with Crippen molar-refractivity contribution in [2.24, 2.45) is 5.73 Å². The van der Waals surface area contributed by atoms with E-state index in [0.29, 0.717) is 13.1 Å². The highest BCUT2D eigenvalue weighted by Gasteiger charge is 1.98. The molecule has 1 aromatic rings. The van der Waals surface area contributed by atoms with E-state index in [1.54, 1.807) is 0 Å². The van der Waals surface area contributed by atoms with Crippen molar-refractivity contribution in [3.63, 3.8) is 0 Å². The fourth-order valence-corrected chi connectivity index (χ4v) is 1.19. The van der Waals surface area contributed by atoms with E-state index in [-0.39, 0.29) is 0 Å². The van der Waals surface area contributed by atoms with Crippen molar-refractivity contribution in [1.29, 1.82) is 0 Å². The number of benzene rings is 1. The molecule has 1 rings (SSSR count). The number of aliphatic carboxylic acids is 1. The van der Waals surface area contributed by atoms with Gasteiger partial charge in [-0.2, -0.15) is 0 Å². The van der Waals surface area contributed by atoms with Gasteiger partial charge in [-0.1, -0.05) is 24.3 Å². The number of carboxylic acid groups (broad SMARTS) is 1. The first-order valence-corrected chi connectivity index (χ1v) is 5.08. The van der Waals surface area contributed by atoms with E-state index in [1.165, 1.54) is 0 Å². The Bertz CT molecular complexity index is 424. The zero-order valence-corrected chi connectivity index (χ0v) is 9.22. The number of carbonyl (C=O) groups is 2. The van der Waals surface area contributed by atoms with Crippen molar-refractivity contribution in [1.82, 2.24) is 5.32 Å². The molecule has 0 fully saturated rings. The normalized spacial score (nSPS) is 10.4. The molecule has 1 aromatic carbocycles. The maximum absolute atomic E-state index is 11.2. The topological polar surface area (TPSA) is 92.4 Å². The number of carboxylic acids is 1. The first-order chi connectivity index (χ1) is 8.11. The van der Waals surface area contributed by atoms with Crippen LogP contribution in [-0.2, 0) is 22.7 Å². The van der Waals surface area contributed by atoms with Crippen LogP contribution in [0.1, 0.15) is 11.1 Å². The van der Waals surface area contributed by atoms with Gasteiger partial charge in [0.15, 0.2) is 0 Å². The molecule has 0 bridgehead atoms. The van der Waals surface area contributed by atoms with Gasteiger partial charge in [0.05, 0.1) is 0 Å². The maximum atomic E-state index is 11.2. The van der Waals surface area contributed by atoms with Crippen molar-refractivity contribution >= 4 is 11.9 Å². The molecule has 1 amide bonds. The Morgan fingerprint density at radius 1 is 1.18 bits per heavy atom. The van der Waals surface area contributed by atoms with Crippen molar-refractivity contribution in [2.45, 2.75) is 13.1 Å². The monoisotopic (exact) mass is 234 g/mol. The number of carbonyl (C=O) groups excluding carboxylic acids is 1. The Hall–Kier alpha value is -2.14. The lowest BCUT2D eigenvalue weighted by Gasteiger charge is -2.03. The molecule has 0 saturated carbocycles. The van der Waals surface area contributed by atoms with E-state index in [9.17, 15) is 9.59 Å². The van der Waals surface area contributed by atoms with Crippen LogP contribution in [0, 0.1) is 0 Å². The summed E-state index contributed by atoms with van der Waals surface area (Å²) in [5, 5.41) is 10.9. The van der Waals surface area contributed by atoms with E-state index < -0.39 is 11.9 Å². The lowest BCUT2D eigenvalue weighted by atomic mass is 10.1. The average Bonchev–Trinajstić information content (AvgIpc) is 2.34. The number of amides is 1. The van der Waals surface area contributed by atoms with Gasteiger partial charge in [0.1, 0.15) is 0 Å². The Morgan fingerprint density at radius 3 is 2.29 bits per heavy atom. The summed E-state index contributed by atoms with van der Waals surface area (Å²) in [5.41, 5.74) is 7.40. The summed E-state index contributed by atoms with van der Waals surface area (Å²) >= 11 is 0. The van der Waals surface area contributed by atoms with Crippen LogP contribution in [0.15, 0.2) is 36.4 Å². The number of nitrogens with two attached hydrogens (primary N) is 1. The van der Waals surface area contributed by atoms with E-state index in [0.717, 1.165) is 23.3 Å². The third-order valence-electron chi connectivity index (χ3n) is 2.10. The van der Waals surface area contributed by atoms with Crippen molar-refractivity contribution in [3.8, 4) is 0 Å². The number of nitrogens with one attached hydrogen (secondary N) is 1. The van der Waals surface area contributed by atoms with Crippen molar-refractivity contribution in [3.05, 3.63) is 47.5 Å². The molecule has 17 heavy (non-hydrogen) atoms. The first-order valence-electron chi connectivity index (χ1n) is 5.08. The van der Waals surface area contributed by atoms with Gasteiger partial charge in [-0.05, 0) is 11.1 Å². The van der Waals surface area contributed by atoms with E-state index in [4.69, 9.17) is 10.8 Å². The maximum Gasteiger partial charge on any atom is 0.328 e. The molecule has 0 aliphatic rings. The molecule has 0 spiro atoms. The minimum absolute atomic E-state index is 0.355. The highest BCUT2D eigenvalue weighted by Crippen LogP contribution is 2.03. The van der Waals surface area contributed by atoms with Gasteiger partial charge >= 0.3 is 5.97 Å². The first kappa shape index (κ1) is 12.9. The van der Waals surface area contributed by atoms with E-state index in [1.807, 2.05) is 24.3 Å². The Morgan fingerprint density at radius 2 is 1.76 bits per heavy atom. The fraction of sp³-hybridized carbons (Fsp3) is 0.167. The molecule has 0 atom stereocenters. The molecule has 0 aliphatic heterocycles. The summed E-state index contributed by atoms with van der Waals surface area (Å²) in [6.07, 6.45) is 1.78. The van der Waals surface area contributed by atoms with Gasteiger partial charge in [-0.3, -0.25) is 4.79 Å². The largest absolute Gasteiger partial charge is 0.478 e. The third kappa shape index (κ3) is 4.94. The van der Waals surface area contributed by atoms with Gasteiger partial charge in [0.25, 0.3) is 0 Å². The number of hydrogen-bond acceptors (Lipinski definition) is 3. The Labute approximate surface area is 98.9 Å². The van der Waals surface area contributed by atoms with Crippen molar-refractivity contribution in [2.75, 3.05) is 0 Å². The highest BCUT2D eigenvalue weighted by molar-refractivity contribution is 5.93. The highest BCUT2D eigenvalue weighted by atomic mass is 16.4. The summed E-state index contributed by atoms with van der Waals surface area (Å²) in [5.74, 6) is -1.58. The summed E-state index contributed by atoms with van der Waals surface area (Å²) in [6, 6.07) is 7.50. The summed E-state index contributed by atoms with van der Waals surface area (Å²) in [6.45, 7) is 0.835. The van der Waals surface area contributed by atoms with Gasteiger partial charge in [-0.15, -0.1) is 0 Å². The molecular formula is C12H14N2O3. The lowest BCUT2D eigenvalue weighted by Crippen LogP contribution is -2.20. The van der Waals surface area contributed by atoms with Crippen LogP contribution in [0.5, 0.6) is 0 Å². The average molecular weight is 234 g/mol. The molecule has 0 aromatic heterocycles. The lowest BCUT2D eigenvalue weighted by molar-refractivity contribution is -0.131. The minimum Gasteiger partial charge on any atom is -0.478 e. The van der Waals surface area contributed by atoms with Crippen molar-refractivity contribution < 1.29 is 14.7 Å². The molecule has 90 valence electrons. The third-order valence-corrected chi connectivity index (χ3v) is 2.10. The predicted molar refractivity (Wildman–Crippen MR) is 63.0 cm³/mol. The minimum atomic E-state index is -1.15. The zero-order chi connectivity index (χ0) is 12.7. The van der Waals surface area contributed by atoms with Gasteiger partial charge in [0, 0.05) is 25.2 Å². The number of rotatable bonds is 5. The molecule has 5 heteroatoms. The van der Waals surface area contributed by atoms with Gasteiger partial charge in [-0.25, -0.2) is 4.79 Å².